The molecule has 0 N–H and O–H groups in total. The van der Waals surface area contributed by atoms with E-state index in [-0.39, 0.29) is 5.52 Å². The first-order valence-corrected chi connectivity index (χ1v) is 6.89. The summed E-state index contributed by atoms with van der Waals surface area (Å²) in [5.41, 5.74) is 0.987. The summed E-state index contributed by atoms with van der Waals surface area (Å²) in [7, 11) is 0. The topological polar surface area (TPSA) is 25.8 Å². The van der Waals surface area contributed by atoms with Crippen molar-refractivity contribution in [1.82, 2.24) is 9.97 Å². The van der Waals surface area contributed by atoms with Crippen molar-refractivity contribution in [3.05, 3.63) is 58.2 Å². The lowest BCUT2D eigenvalue weighted by Crippen LogP contribution is -2.04. The molecule has 0 spiro atoms. The quantitative estimate of drug-likeness (QED) is 0.573. The molecule has 0 saturated carbocycles. The Morgan fingerprint density at radius 3 is 2.32 bits per heavy atom. The predicted octanol–water partition coefficient (Wildman–Crippen LogP) is 5.62. The molecule has 0 atom stereocenters. The van der Waals surface area contributed by atoms with Gasteiger partial charge in [0.25, 0.3) is 0 Å². The number of benzene rings is 2. The van der Waals surface area contributed by atoms with Gasteiger partial charge in [-0.3, -0.25) is 4.98 Å². The summed E-state index contributed by atoms with van der Waals surface area (Å²) >= 11 is 11.8. The van der Waals surface area contributed by atoms with E-state index in [9.17, 15) is 13.2 Å². The molecule has 1 heterocycles. The van der Waals surface area contributed by atoms with Crippen molar-refractivity contribution in [3.63, 3.8) is 0 Å². The Morgan fingerprint density at radius 2 is 1.64 bits per heavy atom. The molecule has 0 amide bonds. The number of alkyl halides is 3. The number of hydrogen-bond acceptors (Lipinski definition) is 2. The van der Waals surface area contributed by atoms with Crippen molar-refractivity contribution in [1.29, 1.82) is 0 Å². The van der Waals surface area contributed by atoms with Crippen LogP contribution in [0.5, 0.6) is 0 Å². The monoisotopic (exact) mass is 342 g/mol. The Kier molecular flexibility index (Phi) is 3.70. The highest BCUT2D eigenvalue weighted by Crippen LogP contribution is 2.32. The van der Waals surface area contributed by atoms with Crippen molar-refractivity contribution in [2.75, 3.05) is 0 Å². The zero-order valence-corrected chi connectivity index (χ0v) is 12.3. The normalized spacial score (nSPS) is 11.9. The molecular weight excluding hydrogens is 336 g/mol. The molecule has 0 aliphatic heterocycles. The minimum absolute atomic E-state index is 0.179. The van der Waals surface area contributed by atoms with Gasteiger partial charge in [0.15, 0.2) is 0 Å². The zero-order valence-electron chi connectivity index (χ0n) is 10.8. The zero-order chi connectivity index (χ0) is 15.9. The number of rotatable bonds is 1. The first kappa shape index (κ1) is 15.1. The fourth-order valence-corrected chi connectivity index (χ4v) is 2.28. The first-order valence-electron chi connectivity index (χ1n) is 6.14. The number of aromatic nitrogens is 2. The van der Waals surface area contributed by atoms with Crippen molar-refractivity contribution in [2.24, 2.45) is 0 Å². The smallest absolute Gasteiger partial charge is 0.252 e. The first-order chi connectivity index (χ1) is 10.3. The number of nitrogens with zero attached hydrogens (tertiary/aromatic N) is 2. The Bertz CT molecular complexity index is 863. The standard InChI is InChI=1S/C15H7Cl2F3N2/c16-10-3-1-8(5-11(10)17)14-7-21-13-6-9(15(18,19)20)2-4-12(13)22-14/h1-7H. The molecule has 7 heteroatoms. The van der Waals surface area contributed by atoms with Crippen LogP contribution in [0.1, 0.15) is 5.56 Å². The van der Waals surface area contributed by atoms with Gasteiger partial charge in [-0.05, 0) is 30.3 Å². The molecule has 2 nitrogen and oxygen atoms in total. The average Bonchev–Trinajstić information content (AvgIpc) is 2.48. The van der Waals surface area contributed by atoms with E-state index in [1.54, 1.807) is 18.2 Å². The Balaban J connectivity index is 2.08. The predicted molar refractivity (Wildman–Crippen MR) is 80.0 cm³/mol. The lowest BCUT2D eigenvalue weighted by Gasteiger charge is -2.08. The van der Waals surface area contributed by atoms with Gasteiger partial charge < -0.3 is 0 Å². The van der Waals surface area contributed by atoms with E-state index in [1.165, 1.54) is 12.3 Å². The molecular formula is C15H7Cl2F3N2. The summed E-state index contributed by atoms with van der Waals surface area (Å²) in [5, 5.41) is 0.780. The van der Waals surface area contributed by atoms with E-state index in [4.69, 9.17) is 23.2 Å². The summed E-state index contributed by atoms with van der Waals surface area (Å²) in [4.78, 5) is 8.35. The fraction of sp³-hybridized carbons (Fsp3) is 0.0667. The third-order valence-corrected chi connectivity index (χ3v) is 3.82. The maximum atomic E-state index is 12.7. The molecule has 0 bridgehead atoms. The molecule has 3 rings (SSSR count). The second kappa shape index (κ2) is 5.41. The molecule has 2 aromatic carbocycles. The van der Waals surface area contributed by atoms with Crippen LogP contribution >= 0.6 is 23.2 Å². The number of fused-ring (bicyclic) bond motifs is 1. The van der Waals surface area contributed by atoms with Gasteiger partial charge in [0.2, 0.25) is 0 Å². The number of halogens is 5. The fourth-order valence-electron chi connectivity index (χ4n) is 1.98. The van der Waals surface area contributed by atoms with Crippen LogP contribution in [0.25, 0.3) is 22.3 Å². The summed E-state index contributed by atoms with van der Waals surface area (Å²) in [6.45, 7) is 0. The third kappa shape index (κ3) is 2.87. The summed E-state index contributed by atoms with van der Waals surface area (Å²) < 4.78 is 38.0. The average molecular weight is 343 g/mol. The van der Waals surface area contributed by atoms with Gasteiger partial charge in [-0.25, -0.2) is 4.98 Å². The van der Waals surface area contributed by atoms with E-state index in [0.29, 0.717) is 26.8 Å². The van der Waals surface area contributed by atoms with Gasteiger partial charge in [0, 0.05) is 5.56 Å². The van der Waals surface area contributed by atoms with Crippen LogP contribution in [-0.4, -0.2) is 9.97 Å². The Hall–Kier alpha value is -1.85. The molecule has 0 fully saturated rings. The van der Waals surface area contributed by atoms with E-state index in [0.717, 1.165) is 12.1 Å². The minimum Gasteiger partial charge on any atom is -0.252 e. The van der Waals surface area contributed by atoms with Crippen molar-refractivity contribution < 1.29 is 13.2 Å². The maximum absolute atomic E-state index is 12.7. The summed E-state index contributed by atoms with van der Waals surface area (Å²) in [6, 6.07) is 8.22. The van der Waals surface area contributed by atoms with Crippen LogP contribution in [0.4, 0.5) is 13.2 Å². The van der Waals surface area contributed by atoms with E-state index < -0.39 is 11.7 Å². The second-order valence-corrected chi connectivity index (χ2v) is 5.40. The van der Waals surface area contributed by atoms with Gasteiger partial charge in [0.05, 0.1) is 38.5 Å². The molecule has 22 heavy (non-hydrogen) atoms. The molecule has 0 aliphatic carbocycles. The van der Waals surface area contributed by atoms with Crippen LogP contribution in [0, 0.1) is 0 Å². The van der Waals surface area contributed by atoms with Gasteiger partial charge in [-0.2, -0.15) is 13.2 Å². The Labute approximate surface area is 133 Å². The van der Waals surface area contributed by atoms with Crippen LogP contribution in [0.15, 0.2) is 42.6 Å². The molecule has 0 unspecified atom stereocenters. The lowest BCUT2D eigenvalue weighted by atomic mass is 10.1. The van der Waals surface area contributed by atoms with Crippen LogP contribution in [0.2, 0.25) is 10.0 Å². The largest absolute Gasteiger partial charge is 0.416 e. The molecule has 0 saturated heterocycles. The van der Waals surface area contributed by atoms with Gasteiger partial charge >= 0.3 is 6.18 Å². The highest BCUT2D eigenvalue weighted by atomic mass is 35.5. The summed E-state index contributed by atoms with van der Waals surface area (Å²) in [5.74, 6) is 0. The highest BCUT2D eigenvalue weighted by molar-refractivity contribution is 6.42. The van der Waals surface area contributed by atoms with Crippen LogP contribution in [0.3, 0.4) is 0 Å². The maximum Gasteiger partial charge on any atom is 0.416 e. The van der Waals surface area contributed by atoms with E-state index in [1.807, 2.05) is 0 Å². The van der Waals surface area contributed by atoms with Crippen molar-refractivity contribution >= 4 is 34.2 Å². The lowest BCUT2D eigenvalue weighted by molar-refractivity contribution is -0.137. The molecule has 3 aromatic rings. The second-order valence-electron chi connectivity index (χ2n) is 4.59. The van der Waals surface area contributed by atoms with E-state index >= 15 is 0 Å². The molecule has 112 valence electrons. The highest BCUT2D eigenvalue weighted by Gasteiger charge is 2.30. The van der Waals surface area contributed by atoms with Crippen molar-refractivity contribution in [2.45, 2.75) is 6.18 Å². The van der Waals surface area contributed by atoms with Gasteiger partial charge in [0.1, 0.15) is 0 Å². The van der Waals surface area contributed by atoms with Crippen LogP contribution in [-0.2, 0) is 6.18 Å². The van der Waals surface area contributed by atoms with Crippen LogP contribution < -0.4 is 0 Å². The molecule has 0 aliphatic rings. The van der Waals surface area contributed by atoms with Crippen molar-refractivity contribution in [3.8, 4) is 11.3 Å². The SMILES string of the molecule is FC(F)(F)c1ccc2nc(-c3ccc(Cl)c(Cl)c3)cnc2c1. The minimum atomic E-state index is -4.40. The molecule has 1 aromatic heterocycles. The van der Waals surface area contributed by atoms with E-state index in [2.05, 4.69) is 9.97 Å². The number of hydrogen-bond donors (Lipinski definition) is 0. The third-order valence-electron chi connectivity index (χ3n) is 3.08. The molecule has 0 radical (unpaired) electrons. The Morgan fingerprint density at radius 1 is 0.864 bits per heavy atom. The van der Waals surface area contributed by atoms with Gasteiger partial charge in [-0.1, -0.05) is 29.3 Å². The van der Waals surface area contributed by atoms with Gasteiger partial charge in [-0.15, -0.1) is 0 Å². The summed E-state index contributed by atoms with van der Waals surface area (Å²) in [6.07, 6.45) is -3.00.